The number of hydrogen-bond acceptors (Lipinski definition) is 4. The van der Waals surface area contributed by atoms with Crippen LogP contribution in [0.25, 0.3) is 0 Å². The summed E-state index contributed by atoms with van der Waals surface area (Å²) >= 11 is 0. The molecule has 19 heavy (non-hydrogen) atoms. The Morgan fingerprint density at radius 3 is 2.68 bits per heavy atom. The normalized spacial score (nSPS) is 11.6. The molecule has 96 valence electrons. The Kier molecular flexibility index (Phi) is 3.62. The summed E-state index contributed by atoms with van der Waals surface area (Å²) in [5.41, 5.74) is 0.575. The Bertz CT molecular complexity index is 623. The van der Waals surface area contributed by atoms with Gasteiger partial charge in [0.15, 0.2) is 5.78 Å². The fraction of sp³-hybridized carbons (Fsp3) is 0.214. The van der Waals surface area contributed by atoms with Crippen LogP contribution >= 0.6 is 0 Å². The van der Waals surface area contributed by atoms with Crippen LogP contribution in [0.2, 0.25) is 0 Å². The molecule has 0 spiro atoms. The molecule has 0 saturated heterocycles. The third-order valence-corrected chi connectivity index (χ3v) is 2.94. The first-order chi connectivity index (χ1) is 9.17. The average molecular weight is 255 g/mol. The molecule has 1 aromatic carbocycles. The fourth-order valence-electron chi connectivity index (χ4n) is 1.83. The molecular formula is C14H13N3O2. The number of ether oxygens (including phenoxy) is 1. The van der Waals surface area contributed by atoms with Crippen LogP contribution in [0.15, 0.2) is 36.7 Å². The van der Waals surface area contributed by atoms with Gasteiger partial charge in [0.1, 0.15) is 11.8 Å². The number of imidazole rings is 1. The van der Waals surface area contributed by atoms with Crippen molar-refractivity contribution in [3.05, 3.63) is 48.0 Å². The second kappa shape index (κ2) is 5.36. The zero-order valence-corrected chi connectivity index (χ0v) is 10.7. The van der Waals surface area contributed by atoms with Crippen LogP contribution in [0.5, 0.6) is 5.75 Å². The number of aromatic nitrogens is 2. The van der Waals surface area contributed by atoms with E-state index in [4.69, 9.17) is 10.00 Å². The molecule has 1 aromatic heterocycles. The summed E-state index contributed by atoms with van der Waals surface area (Å²) in [7, 11) is 1.57. The minimum atomic E-state index is -0.467. The molecule has 1 atom stereocenters. The van der Waals surface area contributed by atoms with E-state index in [9.17, 15) is 4.79 Å². The second-order valence-electron chi connectivity index (χ2n) is 4.04. The molecular weight excluding hydrogens is 242 g/mol. The summed E-state index contributed by atoms with van der Waals surface area (Å²) in [6, 6.07) is 8.38. The highest BCUT2D eigenvalue weighted by Crippen LogP contribution is 2.18. The second-order valence-corrected chi connectivity index (χ2v) is 4.04. The molecule has 1 unspecified atom stereocenters. The Balaban J connectivity index is 2.26. The Morgan fingerprint density at radius 1 is 1.42 bits per heavy atom. The van der Waals surface area contributed by atoms with Gasteiger partial charge in [-0.1, -0.05) is 0 Å². The highest BCUT2D eigenvalue weighted by atomic mass is 16.5. The van der Waals surface area contributed by atoms with Gasteiger partial charge in [-0.3, -0.25) is 4.79 Å². The van der Waals surface area contributed by atoms with E-state index in [-0.39, 0.29) is 11.6 Å². The molecule has 2 aromatic rings. The number of ketones is 1. The highest BCUT2D eigenvalue weighted by Gasteiger charge is 2.19. The SMILES string of the molecule is COc1ccc(C(=O)C(C)n2ccnc2C#N)cc1. The number of benzene rings is 1. The number of rotatable bonds is 4. The van der Waals surface area contributed by atoms with Gasteiger partial charge < -0.3 is 9.30 Å². The summed E-state index contributed by atoms with van der Waals surface area (Å²) < 4.78 is 6.61. The summed E-state index contributed by atoms with van der Waals surface area (Å²) in [6.07, 6.45) is 3.14. The van der Waals surface area contributed by atoms with Crippen molar-refractivity contribution in [1.82, 2.24) is 9.55 Å². The molecule has 0 radical (unpaired) electrons. The van der Waals surface area contributed by atoms with E-state index in [2.05, 4.69) is 4.98 Å². The third kappa shape index (κ3) is 2.47. The Labute approximate surface area is 111 Å². The predicted molar refractivity (Wildman–Crippen MR) is 69.0 cm³/mol. The van der Waals surface area contributed by atoms with E-state index < -0.39 is 6.04 Å². The molecule has 5 heteroatoms. The van der Waals surface area contributed by atoms with Crippen molar-refractivity contribution < 1.29 is 9.53 Å². The van der Waals surface area contributed by atoms with Crippen molar-refractivity contribution >= 4 is 5.78 Å². The molecule has 0 aliphatic rings. The largest absolute Gasteiger partial charge is 0.497 e. The van der Waals surface area contributed by atoms with Crippen molar-refractivity contribution in [2.45, 2.75) is 13.0 Å². The topological polar surface area (TPSA) is 67.9 Å². The van der Waals surface area contributed by atoms with Crippen molar-refractivity contribution in [3.63, 3.8) is 0 Å². The molecule has 2 rings (SSSR count). The van der Waals surface area contributed by atoms with E-state index >= 15 is 0 Å². The number of nitriles is 1. The predicted octanol–water partition coefficient (Wildman–Crippen LogP) is 2.21. The summed E-state index contributed by atoms with van der Waals surface area (Å²) in [5.74, 6) is 0.857. The maximum absolute atomic E-state index is 12.3. The van der Waals surface area contributed by atoms with Gasteiger partial charge in [-0.15, -0.1) is 0 Å². The van der Waals surface area contributed by atoms with E-state index in [0.717, 1.165) is 0 Å². The van der Waals surface area contributed by atoms with Crippen LogP contribution in [-0.2, 0) is 0 Å². The van der Waals surface area contributed by atoms with Crippen LogP contribution in [0.3, 0.4) is 0 Å². The van der Waals surface area contributed by atoms with E-state index in [1.165, 1.54) is 6.20 Å². The molecule has 0 aliphatic carbocycles. The van der Waals surface area contributed by atoms with Crippen LogP contribution < -0.4 is 4.74 Å². The third-order valence-electron chi connectivity index (χ3n) is 2.94. The van der Waals surface area contributed by atoms with Gasteiger partial charge in [-0.25, -0.2) is 4.98 Å². The number of methoxy groups -OCH3 is 1. The number of hydrogen-bond donors (Lipinski definition) is 0. The van der Waals surface area contributed by atoms with Crippen LogP contribution in [-0.4, -0.2) is 22.4 Å². The summed E-state index contributed by atoms with van der Waals surface area (Å²) in [4.78, 5) is 16.2. The number of carbonyl (C=O) groups excluding carboxylic acids is 1. The quantitative estimate of drug-likeness (QED) is 0.785. The van der Waals surface area contributed by atoms with Crippen molar-refractivity contribution in [2.24, 2.45) is 0 Å². The number of carbonyl (C=O) groups is 1. The molecule has 0 aliphatic heterocycles. The maximum Gasteiger partial charge on any atom is 0.213 e. The first-order valence-corrected chi connectivity index (χ1v) is 5.78. The first kappa shape index (κ1) is 12.8. The lowest BCUT2D eigenvalue weighted by Gasteiger charge is -2.13. The lowest BCUT2D eigenvalue weighted by molar-refractivity contribution is 0.0934. The molecule has 0 saturated carbocycles. The van der Waals surface area contributed by atoms with E-state index in [0.29, 0.717) is 11.3 Å². The van der Waals surface area contributed by atoms with Crippen molar-refractivity contribution in [1.29, 1.82) is 5.26 Å². The summed E-state index contributed by atoms with van der Waals surface area (Å²) in [6.45, 7) is 1.75. The van der Waals surface area contributed by atoms with Crippen molar-refractivity contribution in [3.8, 4) is 11.8 Å². The molecule has 0 bridgehead atoms. The monoisotopic (exact) mass is 255 g/mol. The van der Waals surface area contributed by atoms with Gasteiger partial charge in [0.05, 0.1) is 13.2 Å². The van der Waals surface area contributed by atoms with Crippen LogP contribution in [0.1, 0.15) is 29.1 Å². The number of Topliss-reactive ketones (excluding diaryl/α,β-unsaturated/α-hetero) is 1. The zero-order valence-electron chi connectivity index (χ0n) is 10.7. The Hall–Kier alpha value is -2.61. The number of nitrogens with zero attached hydrogens (tertiary/aromatic N) is 3. The molecule has 1 heterocycles. The van der Waals surface area contributed by atoms with Crippen molar-refractivity contribution in [2.75, 3.05) is 7.11 Å². The summed E-state index contributed by atoms with van der Waals surface area (Å²) in [5, 5.41) is 8.92. The first-order valence-electron chi connectivity index (χ1n) is 5.78. The molecule has 0 amide bonds. The lowest BCUT2D eigenvalue weighted by atomic mass is 10.1. The van der Waals surface area contributed by atoms with Gasteiger partial charge in [-0.2, -0.15) is 5.26 Å². The minimum Gasteiger partial charge on any atom is -0.497 e. The molecule has 0 N–H and O–H groups in total. The average Bonchev–Trinajstić information content (AvgIpc) is 2.94. The van der Waals surface area contributed by atoms with E-state index in [1.54, 1.807) is 49.1 Å². The van der Waals surface area contributed by atoms with Gasteiger partial charge in [0.25, 0.3) is 0 Å². The van der Waals surface area contributed by atoms with Crippen LogP contribution in [0, 0.1) is 11.3 Å². The molecule has 5 nitrogen and oxygen atoms in total. The van der Waals surface area contributed by atoms with Gasteiger partial charge in [0, 0.05) is 18.0 Å². The fourth-order valence-corrected chi connectivity index (χ4v) is 1.83. The van der Waals surface area contributed by atoms with Gasteiger partial charge in [-0.05, 0) is 31.2 Å². The highest BCUT2D eigenvalue weighted by molar-refractivity contribution is 5.98. The minimum absolute atomic E-state index is 0.0721. The van der Waals surface area contributed by atoms with Gasteiger partial charge in [0.2, 0.25) is 5.82 Å². The van der Waals surface area contributed by atoms with Crippen LogP contribution in [0.4, 0.5) is 0 Å². The maximum atomic E-state index is 12.3. The standard InChI is InChI=1S/C14H13N3O2/c1-10(17-8-7-16-13(17)9-15)14(18)11-3-5-12(19-2)6-4-11/h3-8,10H,1-2H3. The Morgan fingerprint density at radius 2 is 2.11 bits per heavy atom. The zero-order chi connectivity index (χ0) is 13.8. The smallest absolute Gasteiger partial charge is 0.213 e. The lowest BCUT2D eigenvalue weighted by Crippen LogP contribution is -2.17. The van der Waals surface area contributed by atoms with Gasteiger partial charge >= 0.3 is 0 Å². The van der Waals surface area contributed by atoms with E-state index in [1.807, 2.05) is 6.07 Å². The molecule has 0 fully saturated rings.